The van der Waals surface area contributed by atoms with Gasteiger partial charge in [0.2, 0.25) is 5.13 Å². The summed E-state index contributed by atoms with van der Waals surface area (Å²) in [6, 6.07) is 18.6. The Morgan fingerprint density at radius 2 is 1.76 bits per heavy atom. The Labute approximate surface area is 160 Å². The van der Waals surface area contributed by atoms with E-state index in [2.05, 4.69) is 15.5 Å². The molecule has 7 heteroatoms. The number of alkyl halides is 2. The molecule has 0 aliphatic carbocycles. The average Bonchev–Trinajstić information content (AvgIpc) is 3.14. The van der Waals surface area contributed by atoms with E-state index in [1.54, 1.807) is 6.21 Å². The Bertz CT molecular complexity index is 815. The van der Waals surface area contributed by atoms with Gasteiger partial charge >= 0.3 is 0 Å². The zero-order valence-corrected chi connectivity index (χ0v) is 15.6. The number of hydrogen-bond donors (Lipinski definition) is 1. The lowest BCUT2D eigenvalue weighted by molar-refractivity contribution is 1.05. The third kappa shape index (κ3) is 4.72. The molecule has 0 saturated carbocycles. The van der Waals surface area contributed by atoms with Crippen LogP contribution >= 0.6 is 34.5 Å². The van der Waals surface area contributed by atoms with E-state index in [4.69, 9.17) is 23.2 Å². The Kier molecular flexibility index (Phi) is 6.28. The summed E-state index contributed by atoms with van der Waals surface area (Å²) < 4.78 is 0. The first-order valence-corrected chi connectivity index (χ1v) is 9.52. The quantitative estimate of drug-likeness (QED) is 0.252. The monoisotopic (exact) mass is 390 g/mol. The zero-order chi connectivity index (χ0) is 17.5. The minimum atomic E-state index is 0.353. The molecule has 4 nitrogen and oxygen atoms in total. The van der Waals surface area contributed by atoms with Crippen molar-refractivity contribution in [2.24, 2.45) is 5.10 Å². The summed E-state index contributed by atoms with van der Waals surface area (Å²) in [6.45, 7) is 0. The third-order valence-corrected chi connectivity index (χ3v) is 4.82. The summed E-state index contributed by atoms with van der Waals surface area (Å²) in [6.07, 6.45) is 1.75. The first-order valence-electron chi connectivity index (χ1n) is 7.57. The standard InChI is InChI=1S/C18H16Cl2N4S/c19-12-24(13-20)16-8-6-14(7-9-16)10-21-23-18-22-17(11-25-18)15-4-2-1-3-5-15/h1-11H,12-13H2,(H,22,23)/b21-10+. The van der Waals surface area contributed by atoms with Gasteiger partial charge in [0.25, 0.3) is 0 Å². The van der Waals surface area contributed by atoms with Crippen molar-refractivity contribution < 1.29 is 0 Å². The predicted molar refractivity (Wildman–Crippen MR) is 109 cm³/mol. The molecule has 0 saturated heterocycles. The highest BCUT2D eigenvalue weighted by Crippen LogP contribution is 2.24. The van der Waals surface area contributed by atoms with Crippen LogP contribution in [0.15, 0.2) is 65.1 Å². The van der Waals surface area contributed by atoms with Crippen molar-refractivity contribution in [2.45, 2.75) is 0 Å². The molecule has 25 heavy (non-hydrogen) atoms. The van der Waals surface area contributed by atoms with Crippen LogP contribution in [0.3, 0.4) is 0 Å². The van der Waals surface area contributed by atoms with Crippen molar-refractivity contribution in [2.75, 3.05) is 22.3 Å². The number of nitrogens with one attached hydrogen (secondary N) is 1. The van der Waals surface area contributed by atoms with Gasteiger partial charge in [0.1, 0.15) is 0 Å². The fourth-order valence-corrected chi connectivity index (χ4v) is 3.37. The summed E-state index contributed by atoms with van der Waals surface area (Å²) in [5.74, 6) is 0. The lowest BCUT2D eigenvalue weighted by Crippen LogP contribution is -2.18. The van der Waals surface area contributed by atoms with Crippen LogP contribution in [0.25, 0.3) is 11.3 Å². The summed E-state index contributed by atoms with van der Waals surface area (Å²) in [7, 11) is 0. The first kappa shape index (κ1) is 17.7. The summed E-state index contributed by atoms with van der Waals surface area (Å²) >= 11 is 13.2. The number of hydrazone groups is 1. The number of benzene rings is 2. The highest BCUT2D eigenvalue weighted by molar-refractivity contribution is 7.14. The first-order chi connectivity index (χ1) is 12.3. The van der Waals surface area contributed by atoms with E-state index in [0.29, 0.717) is 12.0 Å². The van der Waals surface area contributed by atoms with Crippen LogP contribution < -0.4 is 10.3 Å². The van der Waals surface area contributed by atoms with E-state index in [9.17, 15) is 0 Å². The van der Waals surface area contributed by atoms with Crippen molar-refractivity contribution in [1.29, 1.82) is 0 Å². The van der Waals surface area contributed by atoms with Crippen molar-refractivity contribution >= 4 is 51.6 Å². The fraction of sp³-hybridized carbons (Fsp3) is 0.111. The van der Waals surface area contributed by atoms with E-state index in [-0.39, 0.29) is 0 Å². The Morgan fingerprint density at radius 1 is 1.04 bits per heavy atom. The molecular weight excluding hydrogens is 375 g/mol. The van der Waals surface area contributed by atoms with Gasteiger partial charge in [0.05, 0.1) is 23.9 Å². The van der Waals surface area contributed by atoms with Crippen LogP contribution in [0, 0.1) is 0 Å². The summed E-state index contributed by atoms with van der Waals surface area (Å²) in [4.78, 5) is 6.38. The fourth-order valence-electron chi connectivity index (χ4n) is 2.17. The predicted octanol–water partition coefficient (Wildman–Crippen LogP) is 5.46. The lowest BCUT2D eigenvalue weighted by Gasteiger charge is -2.18. The minimum Gasteiger partial charge on any atom is -0.344 e. The van der Waals surface area contributed by atoms with Gasteiger partial charge in [-0.3, -0.25) is 5.43 Å². The Balaban J connectivity index is 1.61. The number of nitrogens with zero attached hydrogens (tertiary/aromatic N) is 3. The molecule has 128 valence electrons. The van der Waals surface area contributed by atoms with Gasteiger partial charge in [-0.2, -0.15) is 5.10 Å². The van der Waals surface area contributed by atoms with Gasteiger partial charge in [-0.05, 0) is 17.7 Å². The van der Waals surface area contributed by atoms with Crippen molar-refractivity contribution in [3.63, 3.8) is 0 Å². The number of anilines is 2. The topological polar surface area (TPSA) is 40.5 Å². The average molecular weight is 391 g/mol. The van der Waals surface area contributed by atoms with E-state index in [1.807, 2.05) is 64.9 Å². The maximum Gasteiger partial charge on any atom is 0.203 e. The molecule has 1 N–H and O–H groups in total. The van der Waals surface area contributed by atoms with Gasteiger partial charge in [-0.15, -0.1) is 34.5 Å². The molecule has 0 radical (unpaired) electrons. The minimum absolute atomic E-state index is 0.353. The Hall–Kier alpha value is -2.08. The number of aromatic nitrogens is 1. The van der Waals surface area contributed by atoms with Crippen LogP contribution in [0.1, 0.15) is 5.56 Å². The van der Waals surface area contributed by atoms with Crippen LogP contribution in [0.5, 0.6) is 0 Å². The van der Waals surface area contributed by atoms with E-state index >= 15 is 0 Å². The molecule has 0 fully saturated rings. The third-order valence-electron chi connectivity index (χ3n) is 3.49. The maximum absolute atomic E-state index is 5.84. The number of thiazole rings is 1. The van der Waals surface area contributed by atoms with Gasteiger partial charge in [-0.1, -0.05) is 42.5 Å². The molecule has 0 amide bonds. The Morgan fingerprint density at radius 3 is 2.44 bits per heavy atom. The van der Waals surface area contributed by atoms with Gasteiger partial charge in [0.15, 0.2) is 0 Å². The van der Waals surface area contributed by atoms with E-state index in [1.165, 1.54) is 11.3 Å². The normalized spacial score (nSPS) is 11.0. The molecular formula is C18H16Cl2N4S. The molecule has 0 aliphatic rings. The van der Waals surface area contributed by atoms with Crippen LogP contribution in [-0.4, -0.2) is 23.2 Å². The molecule has 1 heterocycles. The van der Waals surface area contributed by atoms with Gasteiger partial charge in [0, 0.05) is 16.6 Å². The second-order valence-electron chi connectivity index (χ2n) is 5.14. The number of rotatable bonds is 7. The molecule has 0 bridgehead atoms. The molecule has 2 aromatic carbocycles. The lowest BCUT2D eigenvalue weighted by atomic mass is 10.2. The SMILES string of the molecule is ClCN(CCl)c1ccc(/C=N/Nc2nc(-c3ccccc3)cs2)cc1. The number of halogens is 2. The molecule has 0 spiro atoms. The molecule has 3 rings (SSSR count). The molecule has 0 unspecified atom stereocenters. The highest BCUT2D eigenvalue weighted by Gasteiger charge is 2.04. The molecule has 0 atom stereocenters. The van der Waals surface area contributed by atoms with E-state index in [0.717, 1.165) is 27.6 Å². The van der Waals surface area contributed by atoms with E-state index < -0.39 is 0 Å². The van der Waals surface area contributed by atoms with Gasteiger partial charge < -0.3 is 4.90 Å². The molecule has 3 aromatic rings. The van der Waals surface area contributed by atoms with Crippen molar-refractivity contribution in [3.8, 4) is 11.3 Å². The molecule has 1 aromatic heterocycles. The summed E-state index contributed by atoms with van der Waals surface area (Å²) in [5.41, 5.74) is 6.95. The number of hydrogen-bond acceptors (Lipinski definition) is 5. The smallest absolute Gasteiger partial charge is 0.203 e. The molecule has 0 aliphatic heterocycles. The summed E-state index contributed by atoms with van der Waals surface area (Å²) in [5, 5.41) is 7.00. The van der Waals surface area contributed by atoms with Crippen molar-refractivity contribution in [3.05, 3.63) is 65.5 Å². The maximum atomic E-state index is 5.84. The van der Waals surface area contributed by atoms with Crippen LogP contribution in [0.2, 0.25) is 0 Å². The second kappa shape index (κ2) is 8.85. The largest absolute Gasteiger partial charge is 0.344 e. The van der Waals surface area contributed by atoms with Crippen LogP contribution in [0.4, 0.5) is 10.8 Å². The highest BCUT2D eigenvalue weighted by atomic mass is 35.5. The van der Waals surface area contributed by atoms with Crippen LogP contribution in [-0.2, 0) is 0 Å². The van der Waals surface area contributed by atoms with Crippen molar-refractivity contribution in [1.82, 2.24) is 4.98 Å². The second-order valence-corrected chi connectivity index (χ2v) is 6.48. The zero-order valence-electron chi connectivity index (χ0n) is 13.3. The van der Waals surface area contributed by atoms with Gasteiger partial charge in [-0.25, -0.2) is 4.98 Å².